The van der Waals surface area contributed by atoms with Gasteiger partial charge < -0.3 is 9.84 Å². The fourth-order valence-electron chi connectivity index (χ4n) is 4.19. The van der Waals surface area contributed by atoms with Crippen LogP contribution in [0.5, 0.6) is 0 Å². The Morgan fingerprint density at radius 3 is 2.70 bits per heavy atom. The molecule has 0 saturated heterocycles. The lowest BCUT2D eigenvalue weighted by Crippen LogP contribution is -2.18. The SMILES string of the molecule is c1ccc(C2CCc3c(noc3NCC3CCCCC3)C2)cc1. The number of hydrogen-bond donors (Lipinski definition) is 1. The number of anilines is 1. The minimum absolute atomic E-state index is 0.583. The first kappa shape index (κ1) is 14.8. The van der Waals surface area contributed by atoms with E-state index in [4.69, 9.17) is 4.52 Å². The van der Waals surface area contributed by atoms with Gasteiger partial charge in [0.1, 0.15) is 0 Å². The fourth-order valence-corrected chi connectivity index (χ4v) is 4.19. The first-order valence-electron chi connectivity index (χ1n) is 9.16. The molecule has 2 aliphatic rings. The van der Waals surface area contributed by atoms with Crippen molar-refractivity contribution in [2.75, 3.05) is 11.9 Å². The van der Waals surface area contributed by atoms with Crippen molar-refractivity contribution in [3.63, 3.8) is 0 Å². The van der Waals surface area contributed by atoms with Crippen LogP contribution in [-0.2, 0) is 12.8 Å². The molecule has 0 aliphatic heterocycles. The average molecular weight is 310 g/mol. The van der Waals surface area contributed by atoms with E-state index in [0.29, 0.717) is 5.92 Å². The normalized spacial score (nSPS) is 21.8. The number of aromatic nitrogens is 1. The molecule has 1 aromatic heterocycles. The predicted octanol–water partition coefficient (Wildman–Crippen LogP) is 4.94. The van der Waals surface area contributed by atoms with E-state index >= 15 is 0 Å². The summed E-state index contributed by atoms with van der Waals surface area (Å²) in [6.45, 7) is 1.05. The highest BCUT2D eigenvalue weighted by Crippen LogP contribution is 2.36. The van der Waals surface area contributed by atoms with Gasteiger partial charge in [-0.3, -0.25) is 0 Å². The Bertz CT molecular complexity index is 628. The number of nitrogens with zero attached hydrogens (tertiary/aromatic N) is 1. The third-order valence-corrected chi connectivity index (χ3v) is 5.60. The Kier molecular flexibility index (Phi) is 4.36. The van der Waals surface area contributed by atoms with E-state index in [9.17, 15) is 0 Å². The number of nitrogens with one attached hydrogen (secondary N) is 1. The zero-order valence-corrected chi connectivity index (χ0v) is 13.8. The van der Waals surface area contributed by atoms with Crippen molar-refractivity contribution in [1.82, 2.24) is 5.16 Å². The fraction of sp³-hybridized carbons (Fsp3) is 0.550. The molecule has 1 aromatic carbocycles. The maximum Gasteiger partial charge on any atom is 0.228 e. The van der Waals surface area contributed by atoms with Gasteiger partial charge in [-0.25, -0.2) is 0 Å². The Hall–Kier alpha value is -1.77. The molecule has 122 valence electrons. The summed E-state index contributed by atoms with van der Waals surface area (Å²) in [4.78, 5) is 0. The summed E-state index contributed by atoms with van der Waals surface area (Å²) in [5.41, 5.74) is 3.92. The number of rotatable bonds is 4. The highest BCUT2D eigenvalue weighted by atomic mass is 16.5. The second kappa shape index (κ2) is 6.77. The molecule has 0 amide bonds. The van der Waals surface area contributed by atoms with Gasteiger partial charge in [0, 0.05) is 18.5 Å². The van der Waals surface area contributed by atoms with Crippen molar-refractivity contribution < 1.29 is 4.52 Å². The van der Waals surface area contributed by atoms with Crippen LogP contribution in [0.3, 0.4) is 0 Å². The molecule has 0 bridgehead atoms. The van der Waals surface area contributed by atoms with E-state index in [-0.39, 0.29) is 0 Å². The van der Waals surface area contributed by atoms with E-state index in [1.54, 1.807) is 0 Å². The molecule has 3 nitrogen and oxygen atoms in total. The molecule has 23 heavy (non-hydrogen) atoms. The minimum atomic E-state index is 0.583. The van der Waals surface area contributed by atoms with Crippen LogP contribution in [0.1, 0.15) is 61.3 Å². The van der Waals surface area contributed by atoms with Gasteiger partial charge in [0.05, 0.1) is 5.69 Å². The monoisotopic (exact) mass is 310 g/mol. The Labute approximate surface area is 138 Å². The zero-order valence-electron chi connectivity index (χ0n) is 13.8. The predicted molar refractivity (Wildman–Crippen MR) is 92.8 cm³/mol. The summed E-state index contributed by atoms with van der Waals surface area (Å²) in [7, 11) is 0. The molecule has 1 atom stereocenters. The summed E-state index contributed by atoms with van der Waals surface area (Å²) in [6.07, 6.45) is 10.2. The van der Waals surface area contributed by atoms with Crippen LogP contribution < -0.4 is 5.32 Å². The van der Waals surface area contributed by atoms with Gasteiger partial charge in [0.15, 0.2) is 0 Å². The first-order chi connectivity index (χ1) is 11.4. The van der Waals surface area contributed by atoms with Crippen LogP contribution >= 0.6 is 0 Å². The quantitative estimate of drug-likeness (QED) is 0.869. The van der Waals surface area contributed by atoms with E-state index in [2.05, 4.69) is 40.8 Å². The molecular formula is C20H26N2O. The van der Waals surface area contributed by atoms with Gasteiger partial charge in [-0.15, -0.1) is 0 Å². The Morgan fingerprint density at radius 1 is 1.04 bits per heavy atom. The van der Waals surface area contributed by atoms with Gasteiger partial charge in [0.25, 0.3) is 0 Å². The van der Waals surface area contributed by atoms with Crippen LogP contribution in [0.25, 0.3) is 0 Å². The molecule has 1 fully saturated rings. The van der Waals surface area contributed by atoms with Crippen molar-refractivity contribution in [2.24, 2.45) is 5.92 Å². The minimum Gasteiger partial charge on any atom is -0.354 e. The topological polar surface area (TPSA) is 38.1 Å². The standard InChI is InChI=1S/C20H26N2O/c1-3-7-15(8-4-1)14-21-20-18-12-11-17(13-19(18)22-23-20)16-9-5-2-6-10-16/h2,5-6,9-10,15,17,21H,1,3-4,7-8,11-14H2. The third-order valence-electron chi connectivity index (χ3n) is 5.60. The van der Waals surface area contributed by atoms with Crippen molar-refractivity contribution in [2.45, 2.75) is 57.3 Å². The van der Waals surface area contributed by atoms with Crippen molar-refractivity contribution in [3.05, 3.63) is 47.2 Å². The summed E-state index contributed by atoms with van der Waals surface area (Å²) >= 11 is 0. The maximum atomic E-state index is 5.63. The highest BCUT2D eigenvalue weighted by molar-refractivity contribution is 5.46. The van der Waals surface area contributed by atoms with Crippen LogP contribution in [0.15, 0.2) is 34.9 Å². The summed E-state index contributed by atoms with van der Waals surface area (Å²) < 4.78 is 5.63. The molecule has 1 N–H and O–H groups in total. The molecule has 3 heteroatoms. The second-order valence-corrected chi connectivity index (χ2v) is 7.17. The smallest absolute Gasteiger partial charge is 0.228 e. The van der Waals surface area contributed by atoms with Gasteiger partial charge in [-0.1, -0.05) is 54.8 Å². The van der Waals surface area contributed by atoms with Crippen molar-refractivity contribution >= 4 is 5.88 Å². The molecular weight excluding hydrogens is 284 g/mol. The van der Waals surface area contributed by atoms with Gasteiger partial charge in [-0.05, 0) is 43.1 Å². The molecule has 1 saturated carbocycles. The number of fused-ring (bicyclic) bond motifs is 1. The number of hydrogen-bond acceptors (Lipinski definition) is 3. The van der Waals surface area contributed by atoms with Crippen LogP contribution in [0.2, 0.25) is 0 Å². The second-order valence-electron chi connectivity index (χ2n) is 7.17. The van der Waals surface area contributed by atoms with E-state index in [1.165, 1.54) is 49.7 Å². The molecule has 0 radical (unpaired) electrons. The van der Waals surface area contributed by atoms with Gasteiger partial charge in [-0.2, -0.15) is 0 Å². The van der Waals surface area contributed by atoms with Crippen LogP contribution in [-0.4, -0.2) is 11.7 Å². The third kappa shape index (κ3) is 3.29. The van der Waals surface area contributed by atoms with Gasteiger partial charge >= 0.3 is 0 Å². The first-order valence-corrected chi connectivity index (χ1v) is 9.16. The van der Waals surface area contributed by atoms with Gasteiger partial charge in [0.2, 0.25) is 5.88 Å². The average Bonchev–Trinajstić information content (AvgIpc) is 3.04. The van der Waals surface area contributed by atoms with E-state index in [1.807, 2.05) is 0 Å². The lowest BCUT2D eigenvalue weighted by atomic mass is 9.83. The van der Waals surface area contributed by atoms with Crippen LogP contribution in [0, 0.1) is 5.92 Å². The summed E-state index contributed by atoms with van der Waals surface area (Å²) in [5, 5.41) is 7.91. The largest absolute Gasteiger partial charge is 0.354 e. The Balaban J connectivity index is 1.40. The molecule has 1 heterocycles. The Morgan fingerprint density at radius 2 is 1.87 bits per heavy atom. The highest BCUT2D eigenvalue weighted by Gasteiger charge is 2.26. The van der Waals surface area contributed by atoms with Crippen molar-refractivity contribution in [1.29, 1.82) is 0 Å². The lowest BCUT2D eigenvalue weighted by molar-refractivity contribution is 0.366. The summed E-state index contributed by atoms with van der Waals surface area (Å²) in [6, 6.07) is 10.8. The number of benzene rings is 1. The molecule has 4 rings (SSSR count). The molecule has 2 aliphatic carbocycles. The lowest BCUT2D eigenvalue weighted by Gasteiger charge is -2.23. The van der Waals surface area contributed by atoms with Crippen molar-refractivity contribution in [3.8, 4) is 0 Å². The van der Waals surface area contributed by atoms with Crippen LogP contribution in [0.4, 0.5) is 5.88 Å². The maximum absolute atomic E-state index is 5.63. The van der Waals surface area contributed by atoms with E-state index < -0.39 is 0 Å². The molecule has 1 unspecified atom stereocenters. The summed E-state index contributed by atoms with van der Waals surface area (Å²) in [5.74, 6) is 2.34. The molecule has 2 aromatic rings. The zero-order chi connectivity index (χ0) is 15.5. The molecule has 0 spiro atoms. The van der Waals surface area contributed by atoms with E-state index in [0.717, 1.165) is 36.9 Å².